The van der Waals surface area contributed by atoms with Crippen LogP contribution in [0.5, 0.6) is 0 Å². The third kappa shape index (κ3) is 10.2. The monoisotopic (exact) mass is 399 g/mol. The van der Waals surface area contributed by atoms with Crippen molar-refractivity contribution < 1.29 is 19.5 Å². The van der Waals surface area contributed by atoms with Crippen LogP contribution in [-0.2, 0) is 14.4 Å². The van der Waals surface area contributed by atoms with Gasteiger partial charge in [0.1, 0.15) is 6.04 Å². The fourth-order valence-electron chi connectivity index (χ4n) is 3.31. The molecule has 0 rings (SSSR count). The molecule has 5 N–H and O–H groups in total. The minimum absolute atomic E-state index is 0.0307. The molecule has 0 heterocycles. The third-order valence-corrected chi connectivity index (χ3v) is 4.93. The quantitative estimate of drug-likeness (QED) is 0.363. The highest BCUT2D eigenvalue weighted by Crippen LogP contribution is 2.18. The number of carbonyl (C=O) groups is 3. The number of carbonyl (C=O) groups excluding carboxylic acids is 2. The summed E-state index contributed by atoms with van der Waals surface area (Å²) in [6.45, 7) is 7.55. The maximum Gasteiger partial charge on any atom is 0.327 e. The molecule has 0 spiro atoms. The Kier molecular flexibility index (Phi) is 13.8. The van der Waals surface area contributed by atoms with Crippen LogP contribution in [0.25, 0.3) is 0 Å². The molecule has 0 aliphatic heterocycles. The van der Waals surface area contributed by atoms with E-state index >= 15 is 0 Å². The average Bonchev–Trinajstić information content (AvgIpc) is 2.58. The van der Waals surface area contributed by atoms with Gasteiger partial charge in [0.2, 0.25) is 11.8 Å². The van der Waals surface area contributed by atoms with Crippen LogP contribution in [0.4, 0.5) is 0 Å². The van der Waals surface area contributed by atoms with E-state index in [1.165, 1.54) is 0 Å². The predicted molar refractivity (Wildman–Crippen MR) is 112 cm³/mol. The molecule has 0 aromatic carbocycles. The van der Waals surface area contributed by atoms with Crippen molar-refractivity contribution in [1.29, 1.82) is 0 Å². The summed E-state index contributed by atoms with van der Waals surface area (Å²) in [7, 11) is 0. The number of hydrogen-bond donors (Lipinski definition) is 3. The van der Waals surface area contributed by atoms with E-state index < -0.39 is 29.7 Å². The van der Waals surface area contributed by atoms with E-state index in [2.05, 4.69) is 13.8 Å². The largest absolute Gasteiger partial charge is 0.480 e. The number of carboxylic acids is 1. The summed E-state index contributed by atoms with van der Waals surface area (Å²) in [6.07, 6.45) is 7.28. The summed E-state index contributed by atoms with van der Waals surface area (Å²) in [4.78, 5) is 38.4. The Morgan fingerprint density at radius 1 is 0.821 bits per heavy atom. The molecule has 0 unspecified atom stereocenters. The van der Waals surface area contributed by atoms with Crippen molar-refractivity contribution in [2.75, 3.05) is 0 Å². The molecule has 0 radical (unpaired) electrons. The van der Waals surface area contributed by atoms with Crippen LogP contribution in [0, 0.1) is 5.92 Å². The number of aliphatic carboxylic acids is 1. The van der Waals surface area contributed by atoms with E-state index in [-0.39, 0.29) is 24.9 Å². The first-order valence-corrected chi connectivity index (χ1v) is 10.7. The van der Waals surface area contributed by atoms with Crippen molar-refractivity contribution in [1.82, 2.24) is 4.90 Å². The molecular weight excluding hydrogens is 358 g/mol. The lowest BCUT2D eigenvalue weighted by molar-refractivity contribution is -0.160. The standard InChI is InChI=1S/C21H41N3O4/c1-5-7-9-11-16(22)13-18(25)24(20(15(3)4)21(27)28)19(26)14-17(23)12-10-8-6-2/h15-17,20H,5-14,22-23H2,1-4H3,(H,27,28)/t16-,17-,20-/m0/s1. The minimum Gasteiger partial charge on any atom is -0.480 e. The van der Waals surface area contributed by atoms with Crippen LogP contribution in [0.1, 0.15) is 91.9 Å². The van der Waals surface area contributed by atoms with Gasteiger partial charge in [0, 0.05) is 24.9 Å². The number of hydrogen-bond acceptors (Lipinski definition) is 5. The highest BCUT2D eigenvalue weighted by Gasteiger charge is 2.37. The number of nitrogens with two attached hydrogens (primary N) is 2. The first-order valence-electron chi connectivity index (χ1n) is 10.7. The fourth-order valence-corrected chi connectivity index (χ4v) is 3.31. The molecule has 0 saturated carbocycles. The topological polar surface area (TPSA) is 127 Å². The van der Waals surface area contributed by atoms with Crippen LogP contribution < -0.4 is 11.5 Å². The zero-order valence-corrected chi connectivity index (χ0v) is 18.2. The van der Waals surface area contributed by atoms with Crippen LogP contribution in [0.2, 0.25) is 0 Å². The van der Waals surface area contributed by atoms with Crippen molar-refractivity contribution in [2.45, 2.75) is 110 Å². The maximum atomic E-state index is 12.8. The lowest BCUT2D eigenvalue weighted by Crippen LogP contribution is -2.53. The lowest BCUT2D eigenvalue weighted by Gasteiger charge is -2.31. The van der Waals surface area contributed by atoms with Gasteiger partial charge in [-0.05, 0) is 18.8 Å². The van der Waals surface area contributed by atoms with Crippen LogP contribution >= 0.6 is 0 Å². The second-order valence-electron chi connectivity index (χ2n) is 8.10. The molecule has 0 aliphatic carbocycles. The van der Waals surface area contributed by atoms with Gasteiger partial charge in [-0.25, -0.2) is 4.79 Å². The van der Waals surface area contributed by atoms with Crippen LogP contribution in [0.15, 0.2) is 0 Å². The Balaban J connectivity index is 5.21. The van der Waals surface area contributed by atoms with Crippen LogP contribution in [0.3, 0.4) is 0 Å². The van der Waals surface area contributed by atoms with Crippen molar-refractivity contribution in [3.63, 3.8) is 0 Å². The maximum absolute atomic E-state index is 12.8. The summed E-state index contributed by atoms with van der Waals surface area (Å²) in [5.74, 6) is -2.62. The molecule has 7 nitrogen and oxygen atoms in total. The van der Waals surface area contributed by atoms with Gasteiger partial charge in [-0.3, -0.25) is 14.5 Å². The SMILES string of the molecule is CCCCC[C@H](N)CC(=O)N(C(=O)C[C@@H](N)CCCCC)[C@H](C(=O)O)C(C)C. The highest BCUT2D eigenvalue weighted by atomic mass is 16.4. The molecule has 164 valence electrons. The van der Waals surface area contributed by atoms with E-state index in [0.29, 0.717) is 12.8 Å². The predicted octanol–water partition coefficient (Wildman–Crippen LogP) is 3.05. The Labute approximate surface area is 170 Å². The number of amides is 2. The molecule has 28 heavy (non-hydrogen) atoms. The smallest absolute Gasteiger partial charge is 0.327 e. The Bertz CT molecular complexity index is 452. The van der Waals surface area contributed by atoms with Gasteiger partial charge in [0.05, 0.1) is 0 Å². The molecule has 2 amide bonds. The normalized spacial score (nSPS) is 14.5. The van der Waals surface area contributed by atoms with Gasteiger partial charge in [0.15, 0.2) is 0 Å². The fraction of sp³-hybridized carbons (Fsp3) is 0.857. The van der Waals surface area contributed by atoms with Crippen molar-refractivity contribution >= 4 is 17.8 Å². The van der Waals surface area contributed by atoms with E-state index in [1.54, 1.807) is 13.8 Å². The van der Waals surface area contributed by atoms with E-state index in [9.17, 15) is 19.5 Å². The van der Waals surface area contributed by atoms with Gasteiger partial charge in [-0.2, -0.15) is 0 Å². The summed E-state index contributed by atoms with van der Waals surface area (Å²) in [5, 5.41) is 9.62. The number of unbranched alkanes of at least 4 members (excludes halogenated alkanes) is 4. The summed E-state index contributed by atoms with van der Waals surface area (Å²) in [6, 6.07) is -1.96. The van der Waals surface area contributed by atoms with Gasteiger partial charge in [-0.1, -0.05) is 66.2 Å². The first kappa shape index (κ1) is 26.5. The molecule has 0 aromatic rings. The molecule has 0 saturated heterocycles. The Morgan fingerprint density at radius 3 is 1.50 bits per heavy atom. The first-order chi connectivity index (χ1) is 13.1. The molecule has 3 atom stereocenters. The molecule has 0 aliphatic rings. The molecule has 7 heteroatoms. The Hall–Kier alpha value is -1.47. The number of carboxylic acid groups (broad SMARTS) is 1. The van der Waals surface area contributed by atoms with E-state index in [4.69, 9.17) is 11.5 Å². The highest BCUT2D eigenvalue weighted by molar-refractivity contribution is 5.99. The zero-order valence-electron chi connectivity index (χ0n) is 18.2. The van der Waals surface area contributed by atoms with Crippen molar-refractivity contribution in [3.8, 4) is 0 Å². The van der Waals surface area contributed by atoms with Gasteiger partial charge in [-0.15, -0.1) is 0 Å². The second-order valence-corrected chi connectivity index (χ2v) is 8.10. The summed E-state index contributed by atoms with van der Waals surface area (Å²) < 4.78 is 0. The van der Waals surface area contributed by atoms with Gasteiger partial charge >= 0.3 is 5.97 Å². The number of nitrogens with zero attached hydrogens (tertiary/aromatic N) is 1. The minimum atomic E-state index is -1.20. The summed E-state index contributed by atoms with van der Waals surface area (Å²) in [5.41, 5.74) is 12.1. The third-order valence-electron chi connectivity index (χ3n) is 4.93. The van der Waals surface area contributed by atoms with Crippen LogP contribution in [-0.4, -0.2) is 45.9 Å². The zero-order chi connectivity index (χ0) is 21.7. The Morgan fingerprint density at radius 2 is 1.21 bits per heavy atom. The molecule has 0 bridgehead atoms. The number of rotatable bonds is 15. The molecule has 0 fully saturated rings. The second kappa shape index (κ2) is 14.5. The van der Waals surface area contributed by atoms with E-state index in [0.717, 1.165) is 43.4 Å². The lowest BCUT2D eigenvalue weighted by atomic mass is 9.98. The average molecular weight is 400 g/mol. The van der Waals surface area contributed by atoms with E-state index in [1.807, 2.05) is 0 Å². The molecule has 0 aromatic heterocycles. The van der Waals surface area contributed by atoms with Crippen molar-refractivity contribution in [2.24, 2.45) is 17.4 Å². The van der Waals surface area contributed by atoms with Gasteiger partial charge < -0.3 is 16.6 Å². The summed E-state index contributed by atoms with van der Waals surface area (Å²) >= 11 is 0. The van der Waals surface area contributed by atoms with Crippen molar-refractivity contribution in [3.05, 3.63) is 0 Å². The van der Waals surface area contributed by atoms with Gasteiger partial charge in [0.25, 0.3) is 0 Å². The number of imide groups is 1. The molecular formula is C21H41N3O4.